The summed E-state index contributed by atoms with van der Waals surface area (Å²) >= 11 is 0. The summed E-state index contributed by atoms with van der Waals surface area (Å²) in [7, 11) is 0. The molecule has 2 aromatic heterocycles. The summed E-state index contributed by atoms with van der Waals surface area (Å²) in [6.45, 7) is 0. The fourth-order valence-electron chi connectivity index (χ4n) is 10.3. The molecular formula is C62H40N2O. The summed E-state index contributed by atoms with van der Waals surface area (Å²) < 4.78 is 8.72. The number of hydrogen-bond donors (Lipinski definition) is 0. The molecule has 13 rings (SSSR count). The summed E-state index contributed by atoms with van der Waals surface area (Å²) in [6, 6.07) is 87.8. The van der Waals surface area contributed by atoms with E-state index in [-0.39, 0.29) is 0 Å². The first kappa shape index (κ1) is 36.9. The lowest BCUT2D eigenvalue weighted by atomic mass is 9.92. The topological polar surface area (TPSA) is 21.3 Å². The maximum atomic E-state index is 6.30. The molecule has 2 heterocycles. The fraction of sp³-hybridized carbons (Fsp3) is 0. The standard InChI is InChI=1S/C62H40N2O/c1-2-17-46-43(16-1)40-55(50-20-4-3-19-49(46)50)53-23-8-11-27-57(53)63(45-38-34-42(35-39-45)48-25-15-31-61-62(48)54-24-9-14-30-60(54)65-61)44-36-32-41(33-37-44)47-18-5-10-26-56(47)64-58-28-12-6-21-51(58)52-22-7-13-29-59(52)64/h1-40H. The van der Waals surface area contributed by atoms with Gasteiger partial charge in [-0.05, 0) is 111 Å². The maximum absolute atomic E-state index is 6.30. The Balaban J connectivity index is 0.983. The van der Waals surface area contributed by atoms with Crippen molar-refractivity contribution in [3.05, 3.63) is 243 Å². The van der Waals surface area contributed by atoms with E-state index in [2.05, 4.69) is 240 Å². The van der Waals surface area contributed by atoms with Crippen molar-refractivity contribution in [1.29, 1.82) is 0 Å². The SMILES string of the molecule is c1ccc(N(c2ccc(-c3ccccc3-n3c4ccccc4c4ccccc43)cc2)c2ccc(-c3cccc4oc5ccccc5c34)cc2)c(-c2cc3ccccc3c3ccccc23)c1. The lowest BCUT2D eigenvalue weighted by Gasteiger charge is -2.29. The van der Waals surface area contributed by atoms with Crippen LogP contribution in [0.3, 0.4) is 0 Å². The Kier molecular flexibility index (Phi) is 8.53. The second-order valence-electron chi connectivity index (χ2n) is 16.8. The number of fused-ring (bicyclic) bond motifs is 9. The van der Waals surface area contributed by atoms with Gasteiger partial charge in [-0.2, -0.15) is 0 Å². The molecule has 13 aromatic rings. The molecule has 0 amide bonds. The van der Waals surface area contributed by atoms with Crippen molar-refractivity contribution in [2.75, 3.05) is 4.90 Å². The molecule has 0 radical (unpaired) electrons. The van der Waals surface area contributed by atoms with E-state index < -0.39 is 0 Å². The normalized spacial score (nSPS) is 11.7. The van der Waals surface area contributed by atoms with E-state index >= 15 is 0 Å². The number of benzene rings is 11. The van der Waals surface area contributed by atoms with Crippen LogP contribution in [0.15, 0.2) is 247 Å². The van der Waals surface area contributed by atoms with Crippen LogP contribution < -0.4 is 4.90 Å². The monoisotopic (exact) mass is 828 g/mol. The van der Waals surface area contributed by atoms with Gasteiger partial charge in [0.25, 0.3) is 0 Å². The lowest BCUT2D eigenvalue weighted by Crippen LogP contribution is -2.11. The highest BCUT2D eigenvalue weighted by molar-refractivity contribution is 6.16. The van der Waals surface area contributed by atoms with Crippen molar-refractivity contribution in [2.45, 2.75) is 0 Å². The van der Waals surface area contributed by atoms with Crippen LogP contribution in [0.1, 0.15) is 0 Å². The van der Waals surface area contributed by atoms with Gasteiger partial charge in [0, 0.05) is 44.0 Å². The average Bonchev–Trinajstić information content (AvgIpc) is 3.93. The molecule has 3 heteroatoms. The third kappa shape index (κ3) is 5.97. The molecule has 0 aliphatic heterocycles. The predicted octanol–water partition coefficient (Wildman–Crippen LogP) is 17.5. The number of furan rings is 1. The highest BCUT2D eigenvalue weighted by Gasteiger charge is 2.21. The van der Waals surface area contributed by atoms with Gasteiger partial charge >= 0.3 is 0 Å². The Hall–Kier alpha value is -8.66. The van der Waals surface area contributed by atoms with Gasteiger partial charge < -0.3 is 13.9 Å². The van der Waals surface area contributed by atoms with Crippen molar-refractivity contribution in [2.24, 2.45) is 0 Å². The summed E-state index contributed by atoms with van der Waals surface area (Å²) in [5, 5.41) is 9.72. The van der Waals surface area contributed by atoms with E-state index in [0.717, 1.165) is 66.9 Å². The van der Waals surface area contributed by atoms with Gasteiger partial charge in [0.2, 0.25) is 0 Å². The smallest absolute Gasteiger partial charge is 0.136 e. The Morgan fingerprint density at radius 1 is 0.323 bits per heavy atom. The van der Waals surface area contributed by atoms with Crippen LogP contribution in [0.25, 0.3) is 104 Å². The van der Waals surface area contributed by atoms with E-state index in [1.807, 2.05) is 12.1 Å². The summed E-state index contributed by atoms with van der Waals surface area (Å²) in [5.41, 5.74) is 15.5. The molecule has 304 valence electrons. The first-order chi connectivity index (χ1) is 32.3. The first-order valence-corrected chi connectivity index (χ1v) is 22.3. The second-order valence-corrected chi connectivity index (χ2v) is 16.8. The zero-order valence-electron chi connectivity index (χ0n) is 35.4. The van der Waals surface area contributed by atoms with Crippen molar-refractivity contribution in [3.8, 4) is 39.1 Å². The van der Waals surface area contributed by atoms with Crippen LogP contribution in [-0.2, 0) is 0 Å². The van der Waals surface area contributed by atoms with E-state index in [0.29, 0.717) is 0 Å². The van der Waals surface area contributed by atoms with Gasteiger partial charge in [-0.3, -0.25) is 0 Å². The van der Waals surface area contributed by atoms with Gasteiger partial charge in [0.1, 0.15) is 11.2 Å². The Labute approximate surface area is 376 Å². The number of para-hydroxylation sites is 5. The summed E-state index contributed by atoms with van der Waals surface area (Å²) in [6.07, 6.45) is 0. The number of rotatable bonds is 7. The van der Waals surface area contributed by atoms with Crippen LogP contribution >= 0.6 is 0 Å². The zero-order valence-corrected chi connectivity index (χ0v) is 35.4. The van der Waals surface area contributed by atoms with Crippen molar-refractivity contribution < 1.29 is 4.42 Å². The summed E-state index contributed by atoms with van der Waals surface area (Å²) in [5.74, 6) is 0. The largest absolute Gasteiger partial charge is 0.456 e. The Morgan fingerprint density at radius 3 is 1.55 bits per heavy atom. The van der Waals surface area contributed by atoms with Crippen molar-refractivity contribution in [3.63, 3.8) is 0 Å². The molecule has 11 aromatic carbocycles. The molecular weight excluding hydrogens is 789 g/mol. The molecule has 3 nitrogen and oxygen atoms in total. The van der Waals surface area contributed by atoms with E-state index in [9.17, 15) is 0 Å². The molecule has 0 fully saturated rings. The third-order valence-corrected chi connectivity index (χ3v) is 13.2. The van der Waals surface area contributed by atoms with Crippen LogP contribution in [0.2, 0.25) is 0 Å². The van der Waals surface area contributed by atoms with Crippen molar-refractivity contribution >= 4 is 82.4 Å². The molecule has 0 saturated carbocycles. The molecule has 0 aliphatic rings. The minimum atomic E-state index is 0.894. The van der Waals surface area contributed by atoms with Gasteiger partial charge in [-0.25, -0.2) is 0 Å². The van der Waals surface area contributed by atoms with Crippen LogP contribution in [0, 0.1) is 0 Å². The van der Waals surface area contributed by atoms with Gasteiger partial charge in [0.15, 0.2) is 0 Å². The Morgan fingerprint density at radius 2 is 0.831 bits per heavy atom. The average molecular weight is 829 g/mol. The third-order valence-electron chi connectivity index (χ3n) is 13.2. The highest BCUT2D eigenvalue weighted by Crippen LogP contribution is 2.46. The van der Waals surface area contributed by atoms with Gasteiger partial charge in [-0.15, -0.1) is 0 Å². The minimum Gasteiger partial charge on any atom is -0.456 e. The summed E-state index contributed by atoms with van der Waals surface area (Å²) in [4.78, 5) is 2.42. The number of anilines is 3. The lowest BCUT2D eigenvalue weighted by molar-refractivity contribution is 0.669. The van der Waals surface area contributed by atoms with E-state index in [4.69, 9.17) is 4.42 Å². The van der Waals surface area contributed by atoms with E-state index in [1.165, 1.54) is 54.5 Å². The second kappa shape index (κ2) is 15.0. The molecule has 0 spiro atoms. The molecule has 0 bridgehead atoms. The fourth-order valence-corrected chi connectivity index (χ4v) is 10.3. The maximum Gasteiger partial charge on any atom is 0.136 e. The first-order valence-electron chi connectivity index (χ1n) is 22.3. The van der Waals surface area contributed by atoms with E-state index in [1.54, 1.807) is 0 Å². The van der Waals surface area contributed by atoms with Crippen molar-refractivity contribution in [1.82, 2.24) is 4.57 Å². The molecule has 0 N–H and O–H groups in total. The predicted molar refractivity (Wildman–Crippen MR) is 274 cm³/mol. The molecule has 0 saturated heterocycles. The highest BCUT2D eigenvalue weighted by atomic mass is 16.3. The van der Waals surface area contributed by atoms with Crippen LogP contribution in [0.5, 0.6) is 0 Å². The quantitative estimate of drug-likeness (QED) is 0.149. The molecule has 0 unspecified atom stereocenters. The molecule has 0 aliphatic carbocycles. The van der Waals surface area contributed by atoms with Gasteiger partial charge in [-0.1, -0.05) is 176 Å². The van der Waals surface area contributed by atoms with Crippen LogP contribution in [0.4, 0.5) is 17.1 Å². The Bertz CT molecular complexity index is 3900. The number of nitrogens with zero attached hydrogens (tertiary/aromatic N) is 2. The molecule has 0 atom stereocenters. The minimum absolute atomic E-state index is 0.894. The number of hydrogen-bond acceptors (Lipinski definition) is 2. The number of aromatic nitrogens is 1. The van der Waals surface area contributed by atoms with Crippen LogP contribution in [-0.4, -0.2) is 4.57 Å². The zero-order chi connectivity index (χ0) is 42.8. The van der Waals surface area contributed by atoms with Gasteiger partial charge in [0.05, 0.1) is 22.4 Å². The molecule has 65 heavy (non-hydrogen) atoms.